The predicted octanol–water partition coefficient (Wildman–Crippen LogP) is 1.20. The Kier molecular flexibility index (Phi) is 3.92. The van der Waals surface area contributed by atoms with E-state index in [0.29, 0.717) is 23.8 Å². The molecule has 2 aromatic rings. The van der Waals surface area contributed by atoms with Crippen molar-refractivity contribution in [2.45, 2.75) is 6.54 Å². The average Bonchev–Trinajstić information content (AvgIpc) is 2.45. The van der Waals surface area contributed by atoms with Crippen LogP contribution in [0, 0.1) is 0 Å². The van der Waals surface area contributed by atoms with Gasteiger partial charge in [-0.15, -0.1) is 0 Å². The molecule has 0 unspecified atom stereocenters. The van der Waals surface area contributed by atoms with Crippen LogP contribution in [-0.4, -0.2) is 23.0 Å². The lowest BCUT2D eigenvalue weighted by molar-refractivity contribution is 0.1000. The molecule has 2 aromatic heterocycles. The molecule has 2 rings (SSSR count). The zero-order chi connectivity index (χ0) is 13.7. The van der Waals surface area contributed by atoms with E-state index in [1.165, 1.54) is 6.20 Å². The number of nitrogens with two attached hydrogens (primary N) is 1. The summed E-state index contributed by atoms with van der Waals surface area (Å²) >= 11 is 0. The van der Waals surface area contributed by atoms with Gasteiger partial charge in [0.05, 0.1) is 12.7 Å². The van der Waals surface area contributed by atoms with Crippen LogP contribution < -0.4 is 15.8 Å². The number of hydrogen-bond donors (Lipinski definition) is 2. The molecule has 0 fully saturated rings. The highest BCUT2D eigenvalue weighted by Crippen LogP contribution is 2.15. The van der Waals surface area contributed by atoms with Crippen LogP contribution in [-0.2, 0) is 6.54 Å². The highest BCUT2D eigenvalue weighted by Gasteiger charge is 2.04. The average molecular weight is 258 g/mol. The number of hydrogen-bond acceptors (Lipinski definition) is 5. The van der Waals surface area contributed by atoms with Gasteiger partial charge in [-0.1, -0.05) is 6.07 Å². The first-order valence-corrected chi connectivity index (χ1v) is 5.68. The summed E-state index contributed by atoms with van der Waals surface area (Å²) in [5.41, 5.74) is 6.44. The molecule has 2 heterocycles. The minimum Gasteiger partial charge on any atom is -0.481 e. The number of ether oxygens (including phenoxy) is 1. The standard InChI is InChI=1S/C13H14N4O2/c1-19-13-10(3-2-6-15-13)8-17-11-5-4-9(7-16-11)12(14)18/h2-7H,8H2,1H3,(H2,14,18)(H,16,17). The SMILES string of the molecule is COc1ncccc1CNc1ccc(C(N)=O)cn1. The van der Waals surface area contributed by atoms with E-state index >= 15 is 0 Å². The molecule has 0 radical (unpaired) electrons. The van der Waals surface area contributed by atoms with Crippen molar-refractivity contribution in [3.8, 4) is 5.88 Å². The summed E-state index contributed by atoms with van der Waals surface area (Å²) in [5, 5.41) is 3.12. The highest BCUT2D eigenvalue weighted by atomic mass is 16.5. The van der Waals surface area contributed by atoms with Crippen LogP contribution in [0.15, 0.2) is 36.7 Å². The Hall–Kier alpha value is -2.63. The minimum absolute atomic E-state index is 0.379. The van der Waals surface area contributed by atoms with Crippen LogP contribution >= 0.6 is 0 Å². The number of methoxy groups -OCH3 is 1. The van der Waals surface area contributed by atoms with Gasteiger partial charge in [-0.05, 0) is 18.2 Å². The first-order valence-electron chi connectivity index (χ1n) is 5.68. The molecule has 6 heteroatoms. The predicted molar refractivity (Wildman–Crippen MR) is 70.9 cm³/mol. The van der Waals surface area contributed by atoms with Crippen molar-refractivity contribution < 1.29 is 9.53 Å². The second-order valence-electron chi connectivity index (χ2n) is 3.82. The third kappa shape index (κ3) is 3.19. The van der Waals surface area contributed by atoms with E-state index in [1.807, 2.05) is 12.1 Å². The fourth-order valence-electron chi connectivity index (χ4n) is 1.57. The zero-order valence-electron chi connectivity index (χ0n) is 10.5. The molecule has 0 aliphatic rings. The van der Waals surface area contributed by atoms with Gasteiger partial charge in [0.1, 0.15) is 5.82 Å². The van der Waals surface area contributed by atoms with Crippen LogP contribution in [0.5, 0.6) is 5.88 Å². The molecule has 19 heavy (non-hydrogen) atoms. The second kappa shape index (κ2) is 5.81. The van der Waals surface area contributed by atoms with Gasteiger partial charge in [0.2, 0.25) is 11.8 Å². The van der Waals surface area contributed by atoms with Crippen molar-refractivity contribution in [1.82, 2.24) is 9.97 Å². The van der Waals surface area contributed by atoms with Gasteiger partial charge in [0, 0.05) is 24.5 Å². The molecule has 0 saturated heterocycles. The number of nitrogens with zero attached hydrogens (tertiary/aromatic N) is 2. The Morgan fingerprint density at radius 3 is 2.84 bits per heavy atom. The zero-order valence-corrected chi connectivity index (χ0v) is 10.5. The molecule has 0 atom stereocenters. The molecule has 98 valence electrons. The van der Waals surface area contributed by atoms with E-state index in [0.717, 1.165) is 5.56 Å². The Morgan fingerprint density at radius 1 is 1.37 bits per heavy atom. The number of carbonyl (C=O) groups excluding carboxylic acids is 1. The number of pyridine rings is 2. The van der Waals surface area contributed by atoms with Crippen molar-refractivity contribution in [2.75, 3.05) is 12.4 Å². The van der Waals surface area contributed by atoms with Crippen molar-refractivity contribution in [1.29, 1.82) is 0 Å². The van der Waals surface area contributed by atoms with E-state index in [-0.39, 0.29) is 0 Å². The van der Waals surface area contributed by atoms with Crippen LogP contribution in [0.4, 0.5) is 5.82 Å². The number of carbonyl (C=O) groups is 1. The van der Waals surface area contributed by atoms with Gasteiger partial charge in [-0.3, -0.25) is 4.79 Å². The Morgan fingerprint density at radius 2 is 2.21 bits per heavy atom. The fraction of sp³-hybridized carbons (Fsp3) is 0.154. The number of primary amides is 1. The maximum atomic E-state index is 10.9. The lowest BCUT2D eigenvalue weighted by Gasteiger charge is -2.08. The molecule has 0 aliphatic heterocycles. The van der Waals surface area contributed by atoms with Crippen molar-refractivity contribution in [3.05, 3.63) is 47.8 Å². The summed E-state index contributed by atoms with van der Waals surface area (Å²) in [7, 11) is 1.58. The monoisotopic (exact) mass is 258 g/mol. The van der Waals surface area contributed by atoms with Gasteiger partial charge in [0.15, 0.2) is 0 Å². The van der Waals surface area contributed by atoms with Gasteiger partial charge in [0.25, 0.3) is 0 Å². The van der Waals surface area contributed by atoms with Crippen LogP contribution in [0.2, 0.25) is 0 Å². The molecule has 0 aliphatic carbocycles. The molecule has 0 bridgehead atoms. The lowest BCUT2D eigenvalue weighted by atomic mass is 10.2. The number of rotatable bonds is 5. The van der Waals surface area contributed by atoms with E-state index in [9.17, 15) is 4.79 Å². The molecule has 3 N–H and O–H groups in total. The van der Waals surface area contributed by atoms with Gasteiger partial charge in [-0.25, -0.2) is 9.97 Å². The second-order valence-corrected chi connectivity index (χ2v) is 3.82. The molecular weight excluding hydrogens is 244 g/mol. The number of nitrogens with one attached hydrogen (secondary N) is 1. The summed E-state index contributed by atoms with van der Waals surface area (Å²) in [4.78, 5) is 19.1. The summed E-state index contributed by atoms with van der Waals surface area (Å²) in [5.74, 6) is 0.729. The van der Waals surface area contributed by atoms with Crippen LogP contribution in [0.25, 0.3) is 0 Å². The smallest absolute Gasteiger partial charge is 0.250 e. The number of amides is 1. The Labute approximate surface area is 110 Å². The summed E-state index contributed by atoms with van der Waals surface area (Å²) in [6, 6.07) is 7.07. The maximum absolute atomic E-state index is 10.9. The number of anilines is 1. The van der Waals surface area contributed by atoms with E-state index in [2.05, 4.69) is 15.3 Å². The highest BCUT2D eigenvalue weighted by molar-refractivity contribution is 5.92. The topological polar surface area (TPSA) is 90.1 Å². The number of aromatic nitrogens is 2. The van der Waals surface area contributed by atoms with E-state index in [4.69, 9.17) is 10.5 Å². The third-order valence-corrected chi connectivity index (χ3v) is 2.55. The lowest BCUT2D eigenvalue weighted by Crippen LogP contribution is -2.11. The van der Waals surface area contributed by atoms with Crippen LogP contribution in [0.3, 0.4) is 0 Å². The molecule has 0 aromatic carbocycles. The quantitative estimate of drug-likeness (QED) is 0.840. The van der Waals surface area contributed by atoms with Gasteiger partial charge < -0.3 is 15.8 Å². The summed E-state index contributed by atoms with van der Waals surface area (Å²) in [6.45, 7) is 0.528. The van der Waals surface area contributed by atoms with Crippen molar-refractivity contribution in [3.63, 3.8) is 0 Å². The largest absolute Gasteiger partial charge is 0.481 e. The molecule has 0 spiro atoms. The Bertz CT molecular complexity index is 569. The van der Waals surface area contributed by atoms with E-state index < -0.39 is 5.91 Å². The molecule has 0 saturated carbocycles. The molecule has 6 nitrogen and oxygen atoms in total. The minimum atomic E-state index is -0.493. The summed E-state index contributed by atoms with van der Waals surface area (Å²) < 4.78 is 5.15. The molecule has 1 amide bonds. The van der Waals surface area contributed by atoms with Gasteiger partial charge in [-0.2, -0.15) is 0 Å². The first-order chi connectivity index (χ1) is 9.20. The summed E-state index contributed by atoms with van der Waals surface area (Å²) in [6.07, 6.45) is 3.10. The van der Waals surface area contributed by atoms with E-state index in [1.54, 1.807) is 25.4 Å². The molecular formula is C13H14N4O2. The fourth-order valence-corrected chi connectivity index (χ4v) is 1.57. The Balaban J connectivity index is 2.04. The first kappa shape index (κ1) is 12.8. The van der Waals surface area contributed by atoms with Crippen LogP contribution in [0.1, 0.15) is 15.9 Å². The van der Waals surface area contributed by atoms with Crippen molar-refractivity contribution in [2.24, 2.45) is 5.73 Å². The maximum Gasteiger partial charge on any atom is 0.250 e. The normalized spacial score (nSPS) is 9.95. The van der Waals surface area contributed by atoms with Gasteiger partial charge >= 0.3 is 0 Å². The van der Waals surface area contributed by atoms with Crippen molar-refractivity contribution >= 4 is 11.7 Å². The third-order valence-electron chi connectivity index (χ3n) is 2.55.